The molecule has 2 heterocycles. The zero-order chi connectivity index (χ0) is 16.5. The molecule has 0 saturated carbocycles. The van der Waals surface area contributed by atoms with Crippen LogP contribution in [0.2, 0.25) is 0 Å². The van der Waals surface area contributed by atoms with Crippen molar-refractivity contribution in [2.45, 2.75) is 6.92 Å². The third kappa shape index (κ3) is 2.68. The summed E-state index contributed by atoms with van der Waals surface area (Å²) in [5, 5.41) is 5.55. The Morgan fingerprint density at radius 3 is 2.67 bits per heavy atom. The Labute approximate surface area is 142 Å². The van der Waals surface area contributed by atoms with Crippen molar-refractivity contribution in [3.8, 4) is 11.4 Å². The summed E-state index contributed by atoms with van der Waals surface area (Å²) in [4.78, 5) is 24.5. The number of nitrogens with one attached hydrogen (secondary N) is 2. The number of amides is 1. The second-order valence-electron chi connectivity index (χ2n) is 5.35. The summed E-state index contributed by atoms with van der Waals surface area (Å²) in [6.07, 6.45) is 0. The molecular formula is C18H14N4OS. The summed E-state index contributed by atoms with van der Waals surface area (Å²) in [6.45, 7) is 1.88. The molecule has 118 valence electrons. The van der Waals surface area contributed by atoms with Crippen molar-refractivity contribution in [3.63, 3.8) is 0 Å². The van der Waals surface area contributed by atoms with Gasteiger partial charge < -0.3 is 10.3 Å². The molecule has 0 aliphatic carbocycles. The highest BCUT2D eigenvalue weighted by molar-refractivity contribution is 7.09. The number of carbonyl (C=O) groups excluding carboxylic acids is 1. The number of nitrogens with zero attached hydrogens (tertiary/aromatic N) is 2. The van der Waals surface area contributed by atoms with E-state index in [0.29, 0.717) is 11.4 Å². The van der Waals surface area contributed by atoms with Crippen molar-refractivity contribution < 1.29 is 4.79 Å². The lowest BCUT2D eigenvalue weighted by atomic mass is 10.1. The van der Waals surface area contributed by atoms with Crippen LogP contribution in [0.15, 0.2) is 53.9 Å². The van der Waals surface area contributed by atoms with Crippen LogP contribution in [-0.2, 0) is 0 Å². The second-order valence-corrected chi connectivity index (χ2v) is 6.42. The number of thiazole rings is 1. The number of rotatable bonds is 3. The molecule has 5 nitrogen and oxygen atoms in total. The molecule has 0 saturated heterocycles. The lowest BCUT2D eigenvalue weighted by Crippen LogP contribution is -2.13. The fourth-order valence-corrected chi connectivity index (χ4v) is 3.13. The maximum Gasteiger partial charge on any atom is 0.275 e. The van der Waals surface area contributed by atoms with Gasteiger partial charge in [0.2, 0.25) is 0 Å². The average Bonchev–Trinajstić information content (AvgIpc) is 3.21. The normalized spacial score (nSPS) is 10.9. The molecule has 0 bridgehead atoms. The first kappa shape index (κ1) is 14.6. The molecule has 2 aromatic carbocycles. The van der Waals surface area contributed by atoms with E-state index in [9.17, 15) is 4.79 Å². The van der Waals surface area contributed by atoms with Gasteiger partial charge in [-0.1, -0.05) is 24.3 Å². The number of hydrogen-bond acceptors (Lipinski definition) is 4. The van der Waals surface area contributed by atoms with Crippen LogP contribution in [0.25, 0.3) is 22.4 Å². The molecule has 4 rings (SSSR count). The molecule has 0 fully saturated rings. The van der Waals surface area contributed by atoms with E-state index in [1.54, 1.807) is 5.38 Å². The predicted molar refractivity (Wildman–Crippen MR) is 96.3 cm³/mol. The van der Waals surface area contributed by atoms with Gasteiger partial charge in [0.15, 0.2) is 0 Å². The summed E-state index contributed by atoms with van der Waals surface area (Å²) < 4.78 is 0. The Morgan fingerprint density at radius 2 is 1.88 bits per heavy atom. The van der Waals surface area contributed by atoms with Gasteiger partial charge in [0, 0.05) is 10.9 Å². The fraction of sp³-hybridized carbons (Fsp3) is 0.0556. The second kappa shape index (κ2) is 5.90. The molecule has 1 amide bonds. The molecule has 0 radical (unpaired) electrons. The Balaban J connectivity index is 1.71. The van der Waals surface area contributed by atoms with E-state index in [0.717, 1.165) is 27.4 Å². The minimum atomic E-state index is -0.220. The number of aryl methyl sites for hydroxylation is 1. The number of aromatic nitrogens is 3. The first-order valence-corrected chi connectivity index (χ1v) is 8.36. The molecular weight excluding hydrogens is 320 g/mol. The molecule has 0 spiro atoms. The number of anilines is 1. The minimum absolute atomic E-state index is 0.220. The number of carbonyl (C=O) groups is 1. The van der Waals surface area contributed by atoms with E-state index >= 15 is 0 Å². The molecule has 2 N–H and O–H groups in total. The number of H-pyrrole nitrogens is 1. The van der Waals surface area contributed by atoms with E-state index in [1.807, 2.05) is 55.5 Å². The van der Waals surface area contributed by atoms with Gasteiger partial charge in [-0.25, -0.2) is 9.97 Å². The van der Waals surface area contributed by atoms with E-state index in [1.165, 1.54) is 11.3 Å². The van der Waals surface area contributed by atoms with Crippen LogP contribution >= 0.6 is 11.3 Å². The van der Waals surface area contributed by atoms with Crippen LogP contribution in [0.5, 0.6) is 0 Å². The van der Waals surface area contributed by atoms with E-state index < -0.39 is 0 Å². The Bertz CT molecular complexity index is 1000. The minimum Gasteiger partial charge on any atom is -0.338 e. The molecule has 0 aliphatic rings. The Kier molecular flexibility index (Phi) is 3.59. The first-order chi connectivity index (χ1) is 11.7. The predicted octanol–water partition coefficient (Wildman–Crippen LogP) is 4.25. The molecule has 0 aliphatic heterocycles. The number of imidazole rings is 1. The standard InChI is InChI=1S/C18H14N4OS/c1-11-19-16(10-24-11)18(23)22-13-7-3-2-6-12(13)17-20-14-8-4-5-9-15(14)21-17/h2-10H,1H3,(H,20,21)(H,22,23). The van der Waals surface area contributed by atoms with Crippen molar-refractivity contribution in [2.75, 3.05) is 5.32 Å². The van der Waals surface area contributed by atoms with Crippen LogP contribution in [0.3, 0.4) is 0 Å². The number of hydrogen-bond donors (Lipinski definition) is 2. The average molecular weight is 334 g/mol. The van der Waals surface area contributed by atoms with Gasteiger partial charge in [0.25, 0.3) is 5.91 Å². The smallest absolute Gasteiger partial charge is 0.275 e. The number of fused-ring (bicyclic) bond motifs is 1. The lowest BCUT2D eigenvalue weighted by molar-refractivity contribution is 0.102. The van der Waals surface area contributed by atoms with Crippen LogP contribution in [0.1, 0.15) is 15.5 Å². The monoisotopic (exact) mass is 334 g/mol. The number of para-hydroxylation sites is 3. The van der Waals surface area contributed by atoms with Crippen molar-refractivity contribution in [1.82, 2.24) is 15.0 Å². The highest BCUT2D eigenvalue weighted by atomic mass is 32.1. The summed E-state index contributed by atoms with van der Waals surface area (Å²) >= 11 is 1.46. The van der Waals surface area contributed by atoms with Gasteiger partial charge in [0.05, 0.1) is 21.7 Å². The first-order valence-electron chi connectivity index (χ1n) is 7.48. The van der Waals surface area contributed by atoms with Crippen LogP contribution in [0.4, 0.5) is 5.69 Å². The zero-order valence-electron chi connectivity index (χ0n) is 12.9. The summed E-state index contributed by atoms with van der Waals surface area (Å²) in [7, 11) is 0. The highest BCUT2D eigenvalue weighted by Gasteiger charge is 2.14. The summed E-state index contributed by atoms with van der Waals surface area (Å²) in [6, 6.07) is 15.4. The summed E-state index contributed by atoms with van der Waals surface area (Å²) in [5.41, 5.74) is 3.82. The summed E-state index contributed by atoms with van der Waals surface area (Å²) in [5.74, 6) is 0.504. The molecule has 0 unspecified atom stereocenters. The SMILES string of the molecule is Cc1nc(C(=O)Nc2ccccc2-c2nc3ccccc3[nH]2)cs1. The maximum atomic E-state index is 12.4. The third-order valence-corrected chi connectivity index (χ3v) is 4.44. The van der Waals surface area contributed by atoms with E-state index in [4.69, 9.17) is 0 Å². The third-order valence-electron chi connectivity index (χ3n) is 3.67. The maximum absolute atomic E-state index is 12.4. The van der Waals surface area contributed by atoms with Crippen LogP contribution < -0.4 is 5.32 Å². The van der Waals surface area contributed by atoms with E-state index in [2.05, 4.69) is 20.3 Å². The van der Waals surface area contributed by atoms with Crippen molar-refractivity contribution in [1.29, 1.82) is 0 Å². The van der Waals surface area contributed by atoms with Crippen LogP contribution in [-0.4, -0.2) is 20.9 Å². The molecule has 6 heteroatoms. The lowest BCUT2D eigenvalue weighted by Gasteiger charge is -2.08. The highest BCUT2D eigenvalue weighted by Crippen LogP contribution is 2.28. The molecule has 0 atom stereocenters. The van der Waals surface area contributed by atoms with E-state index in [-0.39, 0.29) is 5.91 Å². The van der Waals surface area contributed by atoms with Gasteiger partial charge in [-0.3, -0.25) is 4.79 Å². The largest absolute Gasteiger partial charge is 0.338 e. The quantitative estimate of drug-likeness (QED) is 0.588. The molecule has 24 heavy (non-hydrogen) atoms. The molecule has 2 aromatic heterocycles. The van der Waals surface area contributed by atoms with Crippen molar-refractivity contribution in [2.24, 2.45) is 0 Å². The Morgan fingerprint density at radius 1 is 1.08 bits per heavy atom. The molecule has 4 aromatic rings. The number of aromatic amines is 1. The van der Waals surface area contributed by atoms with Gasteiger partial charge in [-0.05, 0) is 31.2 Å². The number of benzene rings is 2. The van der Waals surface area contributed by atoms with Gasteiger partial charge in [-0.2, -0.15) is 0 Å². The Hall–Kier alpha value is -2.99. The van der Waals surface area contributed by atoms with Crippen molar-refractivity contribution in [3.05, 3.63) is 64.6 Å². The van der Waals surface area contributed by atoms with Crippen molar-refractivity contribution >= 4 is 34.0 Å². The fourth-order valence-electron chi connectivity index (χ4n) is 2.53. The topological polar surface area (TPSA) is 70.7 Å². The van der Waals surface area contributed by atoms with Gasteiger partial charge in [0.1, 0.15) is 11.5 Å². The van der Waals surface area contributed by atoms with Gasteiger partial charge in [-0.15, -0.1) is 11.3 Å². The zero-order valence-corrected chi connectivity index (χ0v) is 13.7. The van der Waals surface area contributed by atoms with Gasteiger partial charge >= 0.3 is 0 Å². The van der Waals surface area contributed by atoms with Crippen LogP contribution in [0, 0.1) is 6.92 Å².